The van der Waals surface area contributed by atoms with Crippen LogP contribution in [-0.2, 0) is 17.9 Å². The highest BCUT2D eigenvalue weighted by atomic mass is 35.5. The third-order valence-electron chi connectivity index (χ3n) is 3.21. The van der Waals surface area contributed by atoms with Crippen molar-refractivity contribution in [2.75, 3.05) is 5.75 Å². The van der Waals surface area contributed by atoms with Gasteiger partial charge in [-0.2, -0.15) is 0 Å². The molecule has 0 atom stereocenters. The molecule has 3 rings (SSSR count). The summed E-state index contributed by atoms with van der Waals surface area (Å²) in [6.45, 7) is 2.97. The van der Waals surface area contributed by atoms with Crippen LogP contribution in [-0.4, -0.2) is 21.2 Å². The predicted octanol–water partition coefficient (Wildman–Crippen LogP) is 2.95. The number of hydrogen-bond donors (Lipinski definition) is 1. The van der Waals surface area contributed by atoms with E-state index in [2.05, 4.69) is 9.88 Å². The van der Waals surface area contributed by atoms with Crippen LogP contribution >= 0.6 is 23.4 Å². The Morgan fingerprint density at radius 2 is 2.20 bits per heavy atom. The highest BCUT2D eigenvalue weighted by Crippen LogP contribution is 2.33. The summed E-state index contributed by atoms with van der Waals surface area (Å²) in [5.74, 6) is 1.00. The lowest BCUT2D eigenvalue weighted by atomic mass is 10.1. The molecular formula is C14H14ClN3OS. The molecule has 2 aromatic rings. The van der Waals surface area contributed by atoms with E-state index in [9.17, 15) is 4.79 Å². The number of nitrogens with one attached hydrogen (secondary N) is 1. The highest BCUT2D eigenvalue weighted by Gasteiger charge is 2.22. The van der Waals surface area contributed by atoms with Crippen LogP contribution in [0.15, 0.2) is 29.4 Å². The molecule has 1 N–H and O–H groups in total. The highest BCUT2D eigenvalue weighted by molar-refractivity contribution is 7.99. The Morgan fingerprint density at radius 3 is 2.90 bits per heavy atom. The van der Waals surface area contributed by atoms with Crippen molar-refractivity contribution in [2.45, 2.75) is 25.2 Å². The van der Waals surface area contributed by atoms with E-state index in [1.807, 2.05) is 24.3 Å². The lowest BCUT2D eigenvalue weighted by Gasteiger charge is -2.08. The van der Waals surface area contributed by atoms with E-state index in [4.69, 9.17) is 16.6 Å². The molecule has 104 valence electrons. The fourth-order valence-corrected chi connectivity index (χ4v) is 3.35. The largest absolute Gasteiger partial charge is 0.351 e. The number of thioether (sulfide) groups is 1. The monoisotopic (exact) mass is 307 g/mol. The number of aromatic nitrogens is 2. The Hall–Kier alpha value is -1.46. The molecule has 1 aromatic carbocycles. The summed E-state index contributed by atoms with van der Waals surface area (Å²) in [4.78, 5) is 15.9. The van der Waals surface area contributed by atoms with Crippen LogP contribution < -0.4 is 5.32 Å². The summed E-state index contributed by atoms with van der Waals surface area (Å²) < 4.78 is 2.19. The summed E-state index contributed by atoms with van der Waals surface area (Å²) in [6.07, 6.45) is 0. The number of hydrogen-bond acceptors (Lipinski definition) is 3. The molecule has 0 fully saturated rings. The van der Waals surface area contributed by atoms with E-state index in [1.165, 1.54) is 6.92 Å². The minimum Gasteiger partial charge on any atom is -0.351 e. The first kappa shape index (κ1) is 13.5. The van der Waals surface area contributed by atoms with Crippen molar-refractivity contribution in [2.24, 2.45) is 0 Å². The maximum Gasteiger partial charge on any atom is 0.217 e. The van der Waals surface area contributed by atoms with Crippen LogP contribution in [0.25, 0.3) is 11.3 Å². The molecular weight excluding hydrogens is 294 g/mol. The van der Waals surface area contributed by atoms with E-state index >= 15 is 0 Å². The van der Waals surface area contributed by atoms with Gasteiger partial charge in [-0.25, -0.2) is 4.98 Å². The van der Waals surface area contributed by atoms with Crippen LogP contribution in [0.5, 0.6) is 0 Å². The van der Waals surface area contributed by atoms with E-state index in [1.54, 1.807) is 11.8 Å². The maximum absolute atomic E-state index is 11.2. The number of benzene rings is 1. The van der Waals surface area contributed by atoms with Crippen molar-refractivity contribution >= 4 is 29.3 Å². The maximum atomic E-state index is 11.2. The second-order valence-corrected chi connectivity index (χ2v) is 6.10. The van der Waals surface area contributed by atoms with E-state index in [0.29, 0.717) is 11.6 Å². The number of nitrogens with zero attached hydrogens (tertiary/aromatic N) is 2. The minimum atomic E-state index is -0.0340. The van der Waals surface area contributed by atoms with Crippen LogP contribution in [0.4, 0.5) is 0 Å². The molecule has 0 saturated heterocycles. The topological polar surface area (TPSA) is 46.9 Å². The summed E-state index contributed by atoms with van der Waals surface area (Å²) in [5.41, 5.74) is 3.01. The van der Waals surface area contributed by atoms with Gasteiger partial charge >= 0.3 is 0 Å². The van der Waals surface area contributed by atoms with Gasteiger partial charge in [-0.15, -0.1) is 0 Å². The first-order valence-electron chi connectivity index (χ1n) is 6.38. The Labute approximate surface area is 126 Å². The van der Waals surface area contributed by atoms with Crippen molar-refractivity contribution in [1.29, 1.82) is 0 Å². The molecule has 20 heavy (non-hydrogen) atoms. The third kappa shape index (κ3) is 2.55. The zero-order chi connectivity index (χ0) is 14.1. The van der Waals surface area contributed by atoms with Crippen molar-refractivity contribution in [3.8, 4) is 11.3 Å². The molecule has 1 amide bonds. The number of fused-ring (bicyclic) bond motifs is 1. The molecule has 2 heterocycles. The number of halogens is 1. The normalized spacial score (nSPS) is 13.3. The zero-order valence-electron chi connectivity index (χ0n) is 11.0. The fourth-order valence-electron chi connectivity index (χ4n) is 2.26. The molecule has 4 nitrogen and oxygen atoms in total. The van der Waals surface area contributed by atoms with Gasteiger partial charge in [0.25, 0.3) is 0 Å². The number of amides is 1. The van der Waals surface area contributed by atoms with E-state index in [0.717, 1.165) is 34.4 Å². The molecule has 0 aliphatic carbocycles. The number of carbonyl (C=O) groups excluding carboxylic acids is 1. The number of carbonyl (C=O) groups is 1. The van der Waals surface area contributed by atoms with Crippen LogP contribution in [0.1, 0.15) is 12.6 Å². The van der Waals surface area contributed by atoms with Crippen molar-refractivity contribution in [3.63, 3.8) is 0 Å². The molecule has 0 saturated carbocycles. The second kappa shape index (κ2) is 5.50. The summed E-state index contributed by atoms with van der Waals surface area (Å²) in [6, 6.07) is 7.64. The van der Waals surface area contributed by atoms with Gasteiger partial charge in [-0.05, 0) is 12.1 Å². The summed E-state index contributed by atoms with van der Waals surface area (Å²) >= 11 is 7.68. The molecule has 0 spiro atoms. The van der Waals surface area contributed by atoms with Gasteiger partial charge in [0.2, 0.25) is 5.91 Å². The van der Waals surface area contributed by atoms with Crippen molar-refractivity contribution < 1.29 is 4.79 Å². The summed E-state index contributed by atoms with van der Waals surface area (Å²) in [7, 11) is 0. The van der Waals surface area contributed by atoms with Crippen molar-refractivity contribution in [3.05, 3.63) is 35.0 Å². The van der Waals surface area contributed by atoms with Gasteiger partial charge in [0.15, 0.2) is 5.16 Å². The first-order valence-corrected chi connectivity index (χ1v) is 7.74. The molecule has 0 radical (unpaired) electrons. The Kier molecular flexibility index (Phi) is 3.72. The molecule has 1 aromatic heterocycles. The lowest BCUT2D eigenvalue weighted by molar-refractivity contribution is -0.119. The number of rotatable bonds is 3. The minimum absolute atomic E-state index is 0.0340. The molecule has 0 bridgehead atoms. The van der Waals surface area contributed by atoms with Gasteiger partial charge in [0.1, 0.15) is 0 Å². The molecule has 1 aliphatic rings. The summed E-state index contributed by atoms with van der Waals surface area (Å²) in [5, 5.41) is 4.59. The van der Waals surface area contributed by atoms with Crippen LogP contribution in [0, 0.1) is 0 Å². The Morgan fingerprint density at radius 1 is 1.45 bits per heavy atom. The third-order valence-corrected chi connectivity index (χ3v) is 4.41. The van der Waals surface area contributed by atoms with E-state index < -0.39 is 0 Å². The smallest absolute Gasteiger partial charge is 0.217 e. The van der Waals surface area contributed by atoms with E-state index in [-0.39, 0.29) is 5.91 Å². The Balaban J connectivity index is 2.01. The fraction of sp³-hybridized carbons (Fsp3) is 0.286. The SMILES string of the molecule is CC(=O)NCc1c(-c2ccc(Cl)cc2)nc2n1CCS2. The Bertz CT molecular complexity index is 651. The van der Waals surface area contributed by atoms with Gasteiger partial charge in [-0.1, -0.05) is 35.5 Å². The first-order chi connectivity index (χ1) is 9.65. The van der Waals surface area contributed by atoms with Crippen LogP contribution in [0.2, 0.25) is 5.02 Å². The van der Waals surface area contributed by atoms with Gasteiger partial charge < -0.3 is 9.88 Å². The van der Waals surface area contributed by atoms with Gasteiger partial charge in [0, 0.05) is 29.8 Å². The molecule has 6 heteroatoms. The average molecular weight is 308 g/mol. The zero-order valence-corrected chi connectivity index (χ0v) is 12.6. The predicted molar refractivity (Wildman–Crippen MR) is 80.9 cm³/mol. The number of imidazole rings is 1. The standard InChI is InChI=1S/C14H14ClN3OS/c1-9(19)16-8-12-13(10-2-4-11(15)5-3-10)17-14-18(12)6-7-20-14/h2-5H,6-8H2,1H3,(H,16,19). The lowest BCUT2D eigenvalue weighted by Crippen LogP contribution is -2.21. The quantitative estimate of drug-likeness (QED) is 0.948. The second-order valence-electron chi connectivity index (χ2n) is 4.61. The van der Waals surface area contributed by atoms with Gasteiger partial charge in [-0.3, -0.25) is 4.79 Å². The van der Waals surface area contributed by atoms with Crippen molar-refractivity contribution in [1.82, 2.24) is 14.9 Å². The molecule has 0 unspecified atom stereocenters. The average Bonchev–Trinajstić information content (AvgIpc) is 2.98. The van der Waals surface area contributed by atoms with Gasteiger partial charge in [0.05, 0.1) is 17.9 Å². The van der Waals surface area contributed by atoms with Crippen LogP contribution in [0.3, 0.4) is 0 Å². The molecule has 1 aliphatic heterocycles.